The number of benzene rings is 2. The molecule has 2 N–H and O–H groups in total. The van der Waals surface area contributed by atoms with Gasteiger partial charge in [-0.3, -0.25) is 4.79 Å². The highest BCUT2D eigenvalue weighted by Gasteiger charge is 2.17. The predicted molar refractivity (Wildman–Crippen MR) is 98.7 cm³/mol. The minimum absolute atomic E-state index is 0.0300. The molecule has 0 amide bonds. The van der Waals surface area contributed by atoms with Gasteiger partial charge in [-0.15, -0.1) is 0 Å². The molecule has 24 heavy (non-hydrogen) atoms. The number of aromatic amines is 1. The zero-order valence-corrected chi connectivity index (χ0v) is 14.4. The molecule has 0 saturated carbocycles. The second-order valence-electron chi connectivity index (χ2n) is 6.01. The molecule has 4 heteroatoms. The zero-order chi connectivity index (χ0) is 17.1. The first-order valence-electron chi connectivity index (χ1n) is 8.20. The topological polar surface area (TPSA) is 53.1 Å². The molecule has 1 heterocycles. The van der Waals surface area contributed by atoms with Gasteiger partial charge in [-0.05, 0) is 42.2 Å². The summed E-state index contributed by atoms with van der Waals surface area (Å²) in [6.45, 7) is 2.17. The summed E-state index contributed by atoms with van der Waals surface area (Å²) in [5, 5.41) is 10.9. The van der Waals surface area contributed by atoms with Crippen molar-refractivity contribution in [1.82, 2.24) is 4.98 Å². The maximum Gasteiger partial charge on any atom is 0.307 e. The summed E-state index contributed by atoms with van der Waals surface area (Å²) in [6.07, 6.45) is 3.24. The van der Waals surface area contributed by atoms with E-state index in [2.05, 4.69) is 24.0 Å². The molecule has 0 bridgehead atoms. The fourth-order valence-electron chi connectivity index (χ4n) is 3.06. The van der Waals surface area contributed by atoms with Crippen LogP contribution < -0.4 is 0 Å². The van der Waals surface area contributed by atoms with E-state index in [1.54, 1.807) is 0 Å². The lowest BCUT2D eigenvalue weighted by Gasteiger charge is -2.05. The third-order valence-corrected chi connectivity index (χ3v) is 4.59. The smallest absolute Gasteiger partial charge is 0.307 e. The van der Waals surface area contributed by atoms with Crippen LogP contribution in [0.1, 0.15) is 30.9 Å². The van der Waals surface area contributed by atoms with Crippen LogP contribution in [0, 0.1) is 0 Å². The molecule has 0 aliphatic carbocycles. The molecule has 0 aliphatic rings. The lowest BCUT2D eigenvalue weighted by Crippen LogP contribution is -2.01. The molecule has 124 valence electrons. The van der Waals surface area contributed by atoms with Crippen LogP contribution in [0.3, 0.4) is 0 Å². The van der Waals surface area contributed by atoms with Gasteiger partial charge in [0.05, 0.1) is 12.1 Å². The Kier molecular flexibility index (Phi) is 4.91. The Morgan fingerprint density at radius 3 is 2.71 bits per heavy atom. The number of unbranched alkanes of at least 4 members (excludes halogenated alkanes) is 1. The molecule has 0 saturated heterocycles. The van der Waals surface area contributed by atoms with Crippen molar-refractivity contribution in [3.63, 3.8) is 0 Å². The zero-order valence-electron chi connectivity index (χ0n) is 13.6. The van der Waals surface area contributed by atoms with E-state index in [-0.39, 0.29) is 6.42 Å². The Morgan fingerprint density at radius 2 is 2.00 bits per heavy atom. The van der Waals surface area contributed by atoms with Gasteiger partial charge in [0.15, 0.2) is 0 Å². The van der Waals surface area contributed by atoms with Gasteiger partial charge >= 0.3 is 5.97 Å². The molecular weight excluding hydrogens is 322 g/mol. The van der Waals surface area contributed by atoms with Gasteiger partial charge in [0.2, 0.25) is 0 Å². The standard InChI is InChI=1S/C20H20ClNO2/c1-2-3-6-13-9-10-18-15(11-13)16(12-19(23)24)20(22-18)14-7-4-5-8-17(14)21/h4-5,7-11,22H,2-3,6,12H2,1H3,(H,23,24). The van der Waals surface area contributed by atoms with Gasteiger partial charge in [0.1, 0.15) is 0 Å². The fraction of sp³-hybridized carbons (Fsp3) is 0.250. The fourth-order valence-corrected chi connectivity index (χ4v) is 3.29. The van der Waals surface area contributed by atoms with Gasteiger partial charge in [-0.25, -0.2) is 0 Å². The van der Waals surface area contributed by atoms with Crippen molar-refractivity contribution in [2.45, 2.75) is 32.6 Å². The lowest BCUT2D eigenvalue weighted by atomic mass is 10.00. The van der Waals surface area contributed by atoms with Crippen LogP contribution in [0.5, 0.6) is 0 Å². The summed E-state index contributed by atoms with van der Waals surface area (Å²) in [6, 6.07) is 13.8. The Labute approximate surface area is 146 Å². The highest BCUT2D eigenvalue weighted by atomic mass is 35.5. The van der Waals surface area contributed by atoms with Gasteiger partial charge in [0, 0.05) is 21.5 Å². The van der Waals surface area contributed by atoms with Crippen LogP contribution in [-0.2, 0) is 17.6 Å². The first kappa shape index (κ1) is 16.6. The molecule has 0 spiro atoms. The quantitative estimate of drug-likeness (QED) is 0.625. The van der Waals surface area contributed by atoms with E-state index in [0.717, 1.165) is 47.0 Å². The molecule has 2 aromatic carbocycles. The SMILES string of the molecule is CCCCc1ccc2[nH]c(-c3ccccc3Cl)c(CC(=O)O)c2c1. The van der Waals surface area contributed by atoms with Crippen LogP contribution in [0.25, 0.3) is 22.2 Å². The Morgan fingerprint density at radius 1 is 1.21 bits per heavy atom. The Bertz CT molecular complexity index is 882. The average molecular weight is 342 g/mol. The summed E-state index contributed by atoms with van der Waals surface area (Å²) >= 11 is 6.33. The summed E-state index contributed by atoms with van der Waals surface area (Å²) in [5.74, 6) is -0.844. The number of carboxylic acids is 1. The third-order valence-electron chi connectivity index (χ3n) is 4.26. The van der Waals surface area contributed by atoms with Crippen molar-refractivity contribution < 1.29 is 9.90 Å². The molecule has 0 fully saturated rings. The maximum absolute atomic E-state index is 11.4. The highest BCUT2D eigenvalue weighted by Crippen LogP contribution is 2.35. The molecule has 0 radical (unpaired) electrons. The maximum atomic E-state index is 11.4. The monoisotopic (exact) mass is 341 g/mol. The largest absolute Gasteiger partial charge is 0.481 e. The number of carbonyl (C=O) groups is 1. The van der Waals surface area contributed by atoms with Crippen molar-refractivity contribution in [1.29, 1.82) is 0 Å². The predicted octanol–water partition coefficient (Wildman–Crippen LogP) is 5.46. The van der Waals surface area contributed by atoms with E-state index >= 15 is 0 Å². The Hall–Kier alpha value is -2.26. The van der Waals surface area contributed by atoms with E-state index in [0.29, 0.717) is 5.02 Å². The summed E-state index contributed by atoms with van der Waals surface area (Å²) in [5.41, 5.74) is 4.61. The molecule has 3 nitrogen and oxygen atoms in total. The number of hydrogen-bond donors (Lipinski definition) is 2. The molecule has 0 unspecified atom stereocenters. The van der Waals surface area contributed by atoms with Crippen LogP contribution in [-0.4, -0.2) is 16.1 Å². The number of aromatic nitrogens is 1. The minimum Gasteiger partial charge on any atom is -0.481 e. The van der Waals surface area contributed by atoms with Crippen molar-refractivity contribution in [2.24, 2.45) is 0 Å². The highest BCUT2D eigenvalue weighted by molar-refractivity contribution is 6.33. The normalized spacial score (nSPS) is 11.1. The van der Waals surface area contributed by atoms with Gasteiger partial charge in [-0.2, -0.15) is 0 Å². The molecule has 3 rings (SSSR count). The van der Waals surface area contributed by atoms with Crippen molar-refractivity contribution >= 4 is 28.5 Å². The molecule has 1 aromatic heterocycles. The first-order chi connectivity index (χ1) is 11.6. The minimum atomic E-state index is -0.844. The second kappa shape index (κ2) is 7.10. The van der Waals surface area contributed by atoms with Crippen molar-refractivity contribution in [2.75, 3.05) is 0 Å². The van der Waals surface area contributed by atoms with Crippen LogP contribution in [0.15, 0.2) is 42.5 Å². The number of fused-ring (bicyclic) bond motifs is 1. The first-order valence-corrected chi connectivity index (χ1v) is 8.58. The molecule has 0 aliphatic heterocycles. The number of H-pyrrole nitrogens is 1. The van der Waals surface area contributed by atoms with E-state index in [1.807, 2.05) is 30.3 Å². The van der Waals surface area contributed by atoms with Gasteiger partial charge in [-0.1, -0.05) is 49.2 Å². The van der Waals surface area contributed by atoms with Crippen LogP contribution in [0.4, 0.5) is 0 Å². The number of aliphatic carboxylic acids is 1. The summed E-state index contributed by atoms with van der Waals surface area (Å²) < 4.78 is 0. The number of halogens is 1. The number of aryl methyl sites for hydroxylation is 1. The lowest BCUT2D eigenvalue weighted by molar-refractivity contribution is -0.136. The Balaban J connectivity index is 2.18. The second-order valence-corrected chi connectivity index (χ2v) is 6.42. The molecule has 0 atom stereocenters. The van der Waals surface area contributed by atoms with E-state index in [1.165, 1.54) is 5.56 Å². The van der Waals surface area contributed by atoms with Crippen molar-refractivity contribution in [3.8, 4) is 11.3 Å². The molecule has 3 aromatic rings. The number of carboxylic acid groups (broad SMARTS) is 1. The number of nitrogens with one attached hydrogen (secondary N) is 1. The average Bonchev–Trinajstić information content (AvgIpc) is 2.90. The number of rotatable bonds is 6. The van der Waals surface area contributed by atoms with Gasteiger partial charge in [0.25, 0.3) is 0 Å². The van der Waals surface area contributed by atoms with E-state index in [4.69, 9.17) is 11.6 Å². The third kappa shape index (κ3) is 3.31. The summed E-state index contributed by atoms with van der Waals surface area (Å²) in [7, 11) is 0. The van der Waals surface area contributed by atoms with E-state index < -0.39 is 5.97 Å². The van der Waals surface area contributed by atoms with Gasteiger partial charge < -0.3 is 10.1 Å². The summed E-state index contributed by atoms with van der Waals surface area (Å²) in [4.78, 5) is 14.8. The van der Waals surface area contributed by atoms with Crippen LogP contribution in [0.2, 0.25) is 5.02 Å². The number of hydrogen-bond acceptors (Lipinski definition) is 1. The van der Waals surface area contributed by atoms with E-state index in [9.17, 15) is 9.90 Å². The van der Waals surface area contributed by atoms with Crippen molar-refractivity contribution in [3.05, 3.63) is 58.6 Å². The van der Waals surface area contributed by atoms with Crippen LogP contribution >= 0.6 is 11.6 Å². The molecular formula is C20H20ClNO2.